The molecule has 3 aromatic carbocycles. The van der Waals surface area contributed by atoms with Crippen LogP contribution in [0.1, 0.15) is 70.3 Å². The van der Waals surface area contributed by atoms with Crippen molar-refractivity contribution >= 4 is 53.4 Å². The molecule has 0 unspecified atom stereocenters. The summed E-state index contributed by atoms with van der Waals surface area (Å²) in [5.41, 5.74) is 7.39. The minimum Gasteiger partial charge on any atom is -0.480 e. The quantitative estimate of drug-likeness (QED) is 0.0373. The van der Waals surface area contributed by atoms with Gasteiger partial charge in [0, 0.05) is 54.8 Å². The molecule has 8 N–H and O–H groups in total. The zero-order valence-electron chi connectivity index (χ0n) is 41.6. The third-order valence-electron chi connectivity index (χ3n) is 11.8. The van der Waals surface area contributed by atoms with Gasteiger partial charge in [0.05, 0.1) is 12.5 Å². The molecule has 2 heterocycles. The lowest BCUT2D eigenvalue weighted by molar-refractivity contribution is -0.157. The van der Waals surface area contributed by atoms with E-state index in [0.717, 1.165) is 35.9 Å². The van der Waals surface area contributed by atoms with Crippen LogP contribution in [0.3, 0.4) is 0 Å². The van der Waals surface area contributed by atoms with Crippen LogP contribution in [0.25, 0.3) is 11.1 Å². The molecule has 1 aliphatic rings. The lowest BCUT2D eigenvalue weighted by Crippen LogP contribution is -2.62. The van der Waals surface area contributed by atoms with E-state index < -0.39 is 114 Å². The summed E-state index contributed by atoms with van der Waals surface area (Å²) in [5, 5.41) is 23.9. The van der Waals surface area contributed by atoms with Crippen LogP contribution in [0.15, 0.2) is 103 Å². The molecule has 0 radical (unpaired) electrons. The minimum absolute atomic E-state index is 0.00590. The summed E-state index contributed by atoms with van der Waals surface area (Å²) in [4.78, 5) is 119. The zero-order chi connectivity index (χ0) is 54.3. The highest BCUT2D eigenvalue weighted by Gasteiger charge is 2.42. The van der Waals surface area contributed by atoms with Crippen LogP contribution in [0.4, 0.5) is 13.6 Å². The number of hydrogen-bond acceptors (Lipinski definition) is 11. The number of aromatic nitrogens is 1. The van der Waals surface area contributed by atoms with Crippen molar-refractivity contribution in [1.29, 1.82) is 0 Å². The van der Waals surface area contributed by atoms with Crippen LogP contribution in [0, 0.1) is 17.0 Å². The van der Waals surface area contributed by atoms with Crippen molar-refractivity contribution < 1.29 is 61.8 Å². The van der Waals surface area contributed by atoms with E-state index in [4.69, 9.17) is 10.5 Å². The Morgan fingerprint density at radius 3 is 2.00 bits per heavy atom. The van der Waals surface area contributed by atoms with Gasteiger partial charge >= 0.3 is 12.1 Å². The highest BCUT2D eigenvalue weighted by atomic mass is 19.1. The molecule has 0 saturated heterocycles. The smallest absolute Gasteiger partial charge is 0.408 e. The van der Waals surface area contributed by atoms with Gasteiger partial charge in [-0.3, -0.25) is 38.5 Å². The Hall–Kier alpha value is -8.27. The maximum Gasteiger partial charge on any atom is 0.408 e. The fraction of sp³-hybridized carbons (Fsp3) is 0.365. The summed E-state index contributed by atoms with van der Waals surface area (Å²) in [7, 11) is 0. The molecule has 1 aromatic heterocycles. The maximum absolute atomic E-state index is 15.3. The number of primary amides is 1. The van der Waals surface area contributed by atoms with E-state index >= 15 is 4.39 Å². The van der Waals surface area contributed by atoms with E-state index in [2.05, 4.69) is 26.6 Å². The van der Waals surface area contributed by atoms with Crippen molar-refractivity contribution in [3.8, 4) is 11.1 Å². The van der Waals surface area contributed by atoms with Crippen molar-refractivity contribution in [1.82, 2.24) is 41.0 Å². The molecule has 394 valence electrons. The Kier molecular flexibility index (Phi) is 19.8. The first kappa shape index (κ1) is 56.6. The van der Waals surface area contributed by atoms with E-state index in [-0.39, 0.29) is 38.2 Å². The largest absolute Gasteiger partial charge is 0.480 e. The van der Waals surface area contributed by atoms with Gasteiger partial charge in [0.1, 0.15) is 49.0 Å². The van der Waals surface area contributed by atoms with Gasteiger partial charge in [-0.05, 0) is 67.6 Å². The number of alkyl carbamates (subject to hydrolysis) is 1. The third kappa shape index (κ3) is 15.9. The predicted molar refractivity (Wildman–Crippen MR) is 265 cm³/mol. The van der Waals surface area contributed by atoms with E-state index in [9.17, 15) is 52.6 Å². The maximum atomic E-state index is 15.3. The zero-order valence-corrected chi connectivity index (χ0v) is 41.6. The number of rotatable bonds is 25. The Labute approximate surface area is 426 Å². The Morgan fingerprint density at radius 2 is 1.39 bits per heavy atom. The number of hydrogen-bond donors (Lipinski definition) is 7. The van der Waals surface area contributed by atoms with Crippen LogP contribution in [-0.2, 0) is 56.2 Å². The normalized spacial score (nSPS) is 14.3. The van der Waals surface area contributed by atoms with Gasteiger partial charge in [0.15, 0.2) is 0 Å². The highest BCUT2D eigenvalue weighted by Crippen LogP contribution is 2.37. The molecule has 5 atom stereocenters. The average Bonchev–Trinajstić information content (AvgIpc) is 3.90. The Morgan fingerprint density at radius 1 is 0.770 bits per heavy atom. The number of nitrogens with zero attached hydrogens (tertiary/aromatic N) is 3. The second-order valence-corrected chi connectivity index (χ2v) is 18.6. The first-order valence-corrected chi connectivity index (χ1v) is 23.7. The van der Waals surface area contributed by atoms with Gasteiger partial charge in [0.25, 0.3) is 11.8 Å². The summed E-state index contributed by atoms with van der Waals surface area (Å²) in [6, 6.07) is 15.5. The van der Waals surface area contributed by atoms with Crippen molar-refractivity contribution in [2.75, 3.05) is 26.2 Å². The summed E-state index contributed by atoms with van der Waals surface area (Å²) >= 11 is 0. The number of imide groups is 1. The molecule has 74 heavy (non-hydrogen) atoms. The van der Waals surface area contributed by atoms with Crippen molar-refractivity contribution in [3.63, 3.8) is 0 Å². The number of benzene rings is 3. The van der Waals surface area contributed by atoms with Gasteiger partial charge in [-0.2, -0.15) is 0 Å². The van der Waals surface area contributed by atoms with E-state index in [1.165, 1.54) is 13.8 Å². The van der Waals surface area contributed by atoms with Crippen LogP contribution >= 0.6 is 0 Å². The number of ether oxygens (including phenoxy) is 1. The van der Waals surface area contributed by atoms with Gasteiger partial charge in [-0.1, -0.05) is 81.4 Å². The number of carboxylic acid groups (broad SMARTS) is 1. The second-order valence-electron chi connectivity index (χ2n) is 18.6. The van der Waals surface area contributed by atoms with E-state index in [0.29, 0.717) is 33.2 Å². The number of nitrogens with two attached hydrogens (primary N) is 1. The molecule has 0 spiro atoms. The molecule has 0 fully saturated rings. The number of amides is 8. The van der Waals surface area contributed by atoms with Gasteiger partial charge < -0.3 is 51.6 Å². The Bertz CT molecular complexity index is 2710. The number of nitrogens with one attached hydrogen (secondary N) is 5. The molecule has 0 aliphatic carbocycles. The first-order valence-electron chi connectivity index (χ1n) is 23.7. The highest BCUT2D eigenvalue weighted by molar-refractivity contribution is 6.14. The Balaban J connectivity index is 1.45. The number of halogens is 2. The fourth-order valence-corrected chi connectivity index (χ4v) is 8.11. The molecule has 22 heteroatoms. The average molecular weight is 1030 g/mol. The molecular formula is C52H61F2N9O11. The predicted octanol–water partition coefficient (Wildman–Crippen LogP) is 3.05. The van der Waals surface area contributed by atoms with Crippen molar-refractivity contribution in [2.24, 2.45) is 11.1 Å². The number of aliphatic carboxylic acids is 1. The fourth-order valence-electron chi connectivity index (χ4n) is 8.11. The lowest BCUT2D eigenvalue weighted by atomic mass is 9.84. The molecule has 1 aliphatic heterocycles. The summed E-state index contributed by atoms with van der Waals surface area (Å²) in [5.74, 6) is -9.34. The summed E-state index contributed by atoms with van der Waals surface area (Å²) < 4.78 is 36.9. The monoisotopic (exact) mass is 1030 g/mol. The van der Waals surface area contributed by atoms with E-state index in [1.54, 1.807) is 42.6 Å². The minimum atomic E-state index is -2.08. The van der Waals surface area contributed by atoms with Crippen LogP contribution in [0.5, 0.6) is 0 Å². The molecular weight excluding hydrogens is 965 g/mol. The van der Waals surface area contributed by atoms with Gasteiger partial charge in [-0.15, -0.1) is 0 Å². The molecule has 20 nitrogen and oxygen atoms in total. The van der Waals surface area contributed by atoms with Crippen LogP contribution in [-0.4, -0.2) is 123 Å². The second kappa shape index (κ2) is 25.9. The molecule has 4 aromatic rings. The standard InChI is InChI=1S/C52H61F2N9O11/c1-31(60-51(73)74-30-34-14-10-7-11-15-34)47(68)59-32(2)49(70)63(41(50(71)72)26-42(55)64)39(48(69)58-23-22-56-43(65)29-62-44(66)18-19-45(62)67)20-21-57-46(52(3,4)5)40-24-35(37-25-36(53)16-17-38(37)54)28-61(40)27-33-12-8-6-9-13-33/h6-19,24-25,28,31-32,39,41,46,57H,20-23,26-27,29-30H2,1-5H3,(H2,55,64)(H,56,65)(H,58,69)(H,59,68)(H,60,73)(H,71,72)/t31-,32-,39+,41+,46+/m1/s1. The van der Waals surface area contributed by atoms with Crippen molar-refractivity contribution in [2.45, 2.75) is 90.8 Å². The van der Waals surface area contributed by atoms with Crippen LogP contribution in [0.2, 0.25) is 0 Å². The van der Waals surface area contributed by atoms with Gasteiger partial charge in [-0.25, -0.2) is 18.4 Å². The number of carbonyl (C=O) groups excluding carboxylic acids is 8. The summed E-state index contributed by atoms with van der Waals surface area (Å²) in [6.45, 7) is 7.07. The number of carbonyl (C=O) groups is 9. The SMILES string of the molecule is C[C@@H](NC(=O)OCc1ccccc1)C(=O)N[C@H](C)C(=O)N([C@@H](CC(N)=O)C(=O)O)[C@@H](CCN[C@@H](c1cc(-c2cc(F)ccc2F)cn1Cc1ccccc1)C(C)(C)C)C(=O)NCCNC(=O)CN1C(=O)C=CC1=O. The lowest BCUT2D eigenvalue weighted by Gasteiger charge is -2.38. The first-order chi connectivity index (χ1) is 35.0. The molecule has 0 bridgehead atoms. The number of carboxylic acids is 1. The van der Waals surface area contributed by atoms with Crippen molar-refractivity contribution in [3.05, 3.63) is 132 Å². The topological polar surface area (TPSA) is 281 Å². The van der Waals surface area contributed by atoms with Gasteiger partial charge in [0.2, 0.25) is 29.5 Å². The van der Waals surface area contributed by atoms with E-state index in [1.807, 2.05) is 55.7 Å². The molecule has 0 saturated carbocycles. The molecule has 8 amide bonds. The van der Waals surface area contributed by atoms with Crippen LogP contribution < -0.4 is 32.3 Å². The third-order valence-corrected chi connectivity index (χ3v) is 11.8. The molecule has 5 rings (SSSR count). The summed E-state index contributed by atoms with van der Waals surface area (Å²) in [6.07, 6.45) is 1.41.